The number of carbonyl (C=O) groups excluding carboxylic acids is 1. The van der Waals surface area contributed by atoms with Crippen LogP contribution in [0.5, 0.6) is 0 Å². The van der Waals surface area contributed by atoms with E-state index < -0.39 is 5.97 Å². The van der Waals surface area contributed by atoms with Crippen molar-refractivity contribution in [2.75, 3.05) is 12.3 Å². The van der Waals surface area contributed by atoms with Crippen molar-refractivity contribution in [1.82, 2.24) is 9.88 Å². The Balaban J connectivity index is 2.34. The van der Waals surface area contributed by atoms with Gasteiger partial charge < -0.3 is 10.0 Å². The van der Waals surface area contributed by atoms with Gasteiger partial charge in [-0.05, 0) is 18.6 Å². The molecule has 0 spiro atoms. The number of hydrogen-bond donors (Lipinski definition) is 2. The highest BCUT2D eigenvalue weighted by atomic mass is 32.1. The van der Waals surface area contributed by atoms with Gasteiger partial charge in [0.2, 0.25) is 5.91 Å². The van der Waals surface area contributed by atoms with Crippen molar-refractivity contribution >= 4 is 41.9 Å². The summed E-state index contributed by atoms with van der Waals surface area (Å²) in [6.45, 7) is 2.34. The molecule has 1 aliphatic rings. The third kappa shape index (κ3) is 2.94. The fraction of sp³-hybridized carbons (Fsp3) is 0.308. The number of aromatic nitrogens is 1. The smallest absolute Gasteiger partial charge is 0.352 e. The second kappa shape index (κ2) is 6.23. The van der Waals surface area contributed by atoms with E-state index in [1.165, 1.54) is 16.2 Å². The van der Waals surface area contributed by atoms with E-state index in [-0.39, 0.29) is 17.4 Å². The van der Waals surface area contributed by atoms with Crippen molar-refractivity contribution in [1.29, 1.82) is 0 Å². The highest BCUT2D eigenvalue weighted by Gasteiger charge is 2.32. The number of nitrogens with zero attached hydrogens (tertiary/aromatic N) is 2. The van der Waals surface area contributed by atoms with Gasteiger partial charge in [-0.2, -0.15) is 12.6 Å². The molecule has 1 N–H and O–H groups in total. The Morgan fingerprint density at radius 3 is 2.80 bits per heavy atom. The van der Waals surface area contributed by atoms with E-state index in [0.29, 0.717) is 18.5 Å². The highest BCUT2D eigenvalue weighted by molar-refractivity contribution is 7.80. The Hall–Kier alpha value is -1.60. The van der Waals surface area contributed by atoms with Crippen molar-refractivity contribution in [3.05, 3.63) is 33.4 Å². The number of aryl methyl sites for hydroxylation is 1. The first-order valence-corrected chi connectivity index (χ1v) is 7.51. The van der Waals surface area contributed by atoms with E-state index in [2.05, 4.69) is 17.6 Å². The average Bonchev–Trinajstić information content (AvgIpc) is 2.81. The molecule has 1 aromatic rings. The largest absolute Gasteiger partial charge is 0.477 e. The molecule has 1 saturated heterocycles. The minimum atomic E-state index is -1.10. The lowest BCUT2D eigenvalue weighted by molar-refractivity contribution is -0.144. The Labute approximate surface area is 126 Å². The fourth-order valence-electron chi connectivity index (χ4n) is 1.83. The maximum absolute atomic E-state index is 11.5. The van der Waals surface area contributed by atoms with Gasteiger partial charge in [0.25, 0.3) is 0 Å². The third-order valence-electron chi connectivity index (χ3n) is 3.02. The summed E-state index contributed by atoms with van der Waals surface area (Å²) in [5.41, 5.74) is 3.16. The van der Waals surface area contributed by atoms with Gasteiger partial charge >= 0.3 is 5.97 Å². The first-order valence-electron chi connectivity index (χ1n) is 6.00. The number of carboxylic acids is 1. The molecule has 1 aromatic heterocycles. The van der Waals surface area contributed by atoms with Crippen LogP contribution in [0.1, 0.15) is 17.0 Å². The topological polar surface area (TPSA) is 70.5 Å². The zero-order valence-electron chi connectivity index (χ0n) is 10.9. The lowest BCUT2D eigenvalue weighted by atomic mass is 10.1. The van der Waals surface area contributed by atoms with Crippen LogP contribution >= 0.6 is 24.0 Å². The number of thiol groups is 1. The lowest BCUT2D eigenvalue weighted by Crippen LogP contribution is -2.45. The number of carboxylic acid groups (broad SMARTS) is 1. The molecule has 2 rings (SSSR count). The van der Waals surface area contributed by atoms with E-state index in [0.717, 1.165) is 10.6 Å². The Bertz CT molecular complexity index is 605. The van der Waals surface area contributed by atoms with Crippen LogP contribution in [0.2, 0.25) is 0 Å². The molecular formula is C13H14N2O3S2. The van der Waals surface area contributed by atoms with Crippen LogP contribution in [0, 0.1) is 6.92 Å². The molecule has 106 valence electrons. The number of allylic oxidation sites excluding steroid dienone is 1. The van der Waals surface area contributed by atoms with E-state index in [4.69, 9.17) is 0 Å². The standard InChI is InChI=1S/C13H14N2O3S2/c1-8-10(20-7-14-8)3-2-9(6-19)12(13(17)18)15-5-4-11(15)16/h2-3,7,19H,4-6H2,1H3,(H,17,18)/b3-2?,12-9-. The lowest BCUT2D eigenvalue weighted by Gasteiger charge is -2.31. The van der Waals surface area contributed by atoms with Crippen LogP contribution in [0.4, 0.5) is 0 Å². The van der Waals surface area contributed by atoms with Crippen molar-refractivity contribution in [2.45, 2.75) is 13.3 Å². The van der Waals surface area contributed by atoms with Crippen LogP contribution in [-0.4, -0.2) is 39.2 Å². The number of aliphatic carboxylic acids is 1. The molecule has 1 aliphatic heterocycles. The summed E-state index contributed by atoms with van der Waals surface area (Å²) < 4.78 is 0. The Morgan fingerprint density at radius 2 is 2.40 bits per heavy atom. The minimum Gasteiger partial charge on any atom is -0.477 e. The predicted molar refractivity (Wildman–Crippen MR) is 80.7 cm³/mol. The SMILES string of the molecule is Cc1ncsc1C=C/C(CS)=C(\C(=O)O)N1CCC1=O. The van der Waals surface area contributed by atoms with Crippen LogP contribution < -0.4 is 0 Å². The normalized spacial score (nSPS) is 16.3. The number of hydrogen-bond acceptors (Lipinski definition) is 5. The molecule has 0 saturated carbocycles. The zero-order valence-corrected chi connectivity index (χ0v) is 12.6. The summed E-state index contributed by atoms with van der Waals surface area (Å²) in [5, 5.41) is 9.31. The highest BCUT2D eigenvalue weighted by Crippen LogP contribution is 2.23. The second-order valence-corrected chi connectivity index (χ2v) is 5.47. The summed E-state index contributed by atoms with van der Waals surface area (Å²) >= 11 is 5.65. The molecule has 0 radical (unpaired) electrons. The third-order valence-corrected chi connectivity index (χ3v) is 4.25. The monoisotopic (exact) mass is 310 g/mol. The van der Waals surface area contributed by atoms with Gasteiger partial charge in [0, 0.05) is 23.6 Å². The first-order chi connectivity index (χ1) is 9.54. The summed E-state index contributed by atoms with van der Waals surface area (Å²) in [6, 6.07) is 0. The van der Waals surface area contributed by atoms with Gasteiger partial charge in [-0.15, -0.1) is 11.3 Å². The second-order valence-electron chi connectivity index (χ2n) is 4.27. The summed E-state index contributed by atoms with van der Waals surface area (Å²) in [7, 11) is 0. The molecule has 20 heavy (non-hydrogen) atoms. The van der Waals surface area contributed by atoms with Gasteiger partial charge in [-0.25, -0.2) is 9.78 Å². The van der Waals surface area contributed by atoms with Crippen molar-refractivity contribution in [3.63, 3.8) is 0 Å². The van der Waals surface area contributed by atoms with E-state index >= 15 is 0 Å². The van der Waals surface area contributed by atoms with Crippen LogP contribution in [0.3, 0.4) is 0 Å². The van der Waals surface area contributed by atoms with Crippen molar-refractivity contribution in [2.24, 2.45) is 0 Å². The van der Waals surface area contributed by atoms with E-state index in [1.807, 2.05) is 13.0 Å². The first kappa shape index (κ1) is 14.8. The molecular weight excluding hydrogens is 296 g/mol. The van der Waals surface area contributed by atoms with Gasteiger partial charge in [0.15, 0.2) is 0 Å². The van der Waals surface area contributed by atoms with Gasteiger partial charge in [0.05, 0.1) is 11.2 Å². The number of rotatable bonds is 5. The predicted octanol–water partition coefficient (Wildman–Crippen LogP) is 1.97. The number of thiazole rings is 1. The molecule has 0 atom stereocenters. The molecule has 1 fully saturated rings. The maximum atomic E-state index is 11.5. The Morgan fingerprint density at radius 1 is 1.65 bits per heavy atom. The minimum absolute atomic E-state index is 0.0228. The number of carbonyl (C=O) groups is 2. The molecule has 0 aromatic carbocycles. The summed E-state index contributed by atoms with van der Waals surface area (Å²) in [4.78, 5) is 29.2. The molecule has 5 nitrogen and oxygen atoms in total. The summed E-state index contributed by atoms with van der Waals surface area (Å²) in [5.74, 6) is -1.02. The Kier molecular flexibility index (Phi) is 4.61. The average molecular weight is 310 g/mol. The van der Waals surface area contributed by atoms with Gasteiger partial charge in [-0.1, -0.05) is 6.08 Å². The molecule has 1 amide bonds. The molecule has 7 heteroatoms. The van der Waals surface area contributed by atoms with Crippen LogP contribution in [-0.2, 0) is 9.59 Å². The number of amides is 1. The van der Waals surface area contributed by atoms with Crippen molar-refractivity contribution in [3.8, 4) is 0 Å². The molecule has 0 unspecified atom stereocenters. The summed E-state index contributed by atoms with van der Waals surface area (Å²) in [6.07, 6.45) is 3.91. The molecule has 0 bridgehead atoms. The number of β-lactam (4-membered cyclic amide) rings is 1. The maximum Gasteiger partial charge on any atom is 0.352 e. The number of likely N-dealkylation sites (tertiary alicyclic amines) is 1. The van der Waals surface area contributed by atoms with E-state index in [9.17, 15) is 14.7 Å². The quantitative estimate of drug-likeness (QED) is 0.377. The zero-order chi connectivity index (χ0) is 14.7. The van der Waals surface area contributed by atoms with Gasteiger partial charge in [0.1, 0.15) is 5.70 Å². The molecule has 0 aliphatic carbocycles. The van der Waals surface area contributed by atoms with Crippen LogP contribution in [0.25, 0.3) is 6.08 Å². The van der Waals surface area contributed by atoms with Crippen LogP contribution in [0.15, 0.2) is 22.9 Å². The fourth-order valence-corrected chi connectivity index (χ4v) is 2.78. The van der Waals surface area contributed by atoms with Gasteiger partial charge in [-0.3, -0.25) is 4.79 Å². The molecule has 2 heterocycles. The van der Waals surface area contributed by atoms with Crippen molar-refractivity contribution < 1.29 is 14.7 Å². The van der Waals surface area contributed by atoms with E-state index in [1.54, 1.807) is 11.6 Å².